The summed E-state index contributed by atoms with van der Waals surface area (Å²) in [6.07, 6.45) is 4.17. The number of rotatable bonds is 6. The van der Waals surface area contributed by atoms with Gasteiger partial charge in [-0.2, -0.15) is 0 Å². The Labute approximate surface area is 199 Å². The van der Waals surface area contributed by atoms with Gasteiger partial charge in [0.2, 0.25) is 11.7 Å². The topological polar surface area (TPSA) is 126 Å². The van der Waals surface area contributed by atoms with Gasteiger partial charge in [-0.1, -0.05) is 35.0 Å². The van der Waals surface area contributed by atoms with E-state index in [-0.39, 0.29) is 11.6 Å². The third kappa shape index (κ3) is 4.35. The Hall–Kier alpha value is -4.18. The molecule has 0 aliphatic rings. The predicted molar refractivity (Wildman–Crippen MR) is 126 cm³/mol. The molecule has 174 valence electrons. The van der Waals surface area contributed by atoms with E-state index in [1.807, 2.05) is 37.3 Å². The Morgan fingerprint density at radius 3 is 2.74 bits per heavy atom. The second kappa shape index (κ2) is 9.36. The predicted octanol–water partition coefficient (Wildman–Crippen LogP) is 3.31. The SMILES string of the molecule is Cc1cc(C(c2ccccc2Cl)N(C)c2nc(C(=O)Nc3cnoc3)c(O)c(=O)n2C)ccn1. The van der Waals surface area contributed by atoms with Crippen molar-refractivity contribution < 1.29 is 14.4 Å². The summed E-state index contributed by atoms with van der Waals surface area (Å²) in [5.41, 5.74) is 1.44. The summed E-state index contributed by atoms with van der Waals surface area (Å²) >= 11 is 6.55. The lowest BCUT2D eigenvalue weighted by Crippen LogP contribution is -2.34. The summed E-state index contributed by atoms with van der Waals surface area (Å²) in [4.78, 5) is 36.0. The maximum absolute atomic E-state index is 12.8. The van der Waals surface area contributed by atoms with Gasteiger partial charge >= 0.3 is 0 Å². The molecule has 0 saturated heterocycles. The number of pyridine rings is 1. The van der Waals surface area contributed by atoms with Crippen LogP contribution in [-0.2, 0) is 7.05 Å². The molecule has 3 aromatic heterocycles. The number of anilines is 2. The van der Waals surface area contributed by atoms with E-state index < -0.39 is 29.0 Å². The molecule has 11 heteroatoms. The molecular weight excluding hydrogens is 460 g/mol. The highest BCUT2D eigenvalue weighted by molar-refractivity contribution is 6.31. The molecule has 1 unspecified atom stereocenters. The number of carbonyl (C=O) groups is 1. The first kappa shape index (κ1) is 23.0. The number of aryl methyl sites for hydroxylation is 1. The van der Waals surface area contributed by atoms with Crippen LogP contribution in [0.15, 0.2) is 64.4 Å². The molecule has 4 aromatic rings. The van der Waals surface area contributed by atoms with Gasteiger partial charge < -0.3 is 19.8 Å². The fourth-order valence-electron chi connectivity index (χ4n) is 3.67. The summed E-state index contributed by atoms with van der Waals surface area (Å²) in [6.45, 7) is 1.87. The molecule has 0 fully saturated rings. The standard InChI is InChI=1S/C23H21ClN6O4/c1-13-10-14(8-9-25-13)19(16-6-4-5-7-17(16)24)29(2)23-28-18(20(31)22(33)30(23)3)21(32)27-15-11-26-34-12-15/h4-12,19,31H,1-3H3,(H,27,32). The molecule has 2 N–H and O–H groups in total. The lowest BCUT2D eigenvalue weighted by molar-refractivity contribution is 0.101. The van der Waals surface area contributed by atoms with Crippen molar-refractivity contribution in [2.24, 2.45) is 7.05 Å². The van der Waals surface area contributed by atoms with Crippen molar-refractivity contribution in [3.8, 4) is 5.75 Å². The first-order valence-corrected chi connectivity index (χ1v) is 10.6. The number of nitrogens with zero attached hydrogens (tertiary/aromatic N) is 5. The average Bonchev–Trinajstić information content (AvgIpc) is 3.32. The molecule has 3 heterocycles. The van der Waals surface area contributed by atoms with E-state index in [2.05, 4.69) is 20.4 Å². The van der Waals surface area contributed by atoms with Crippen LogP contribution in [0.3, 0.4) is 0 Å². The van der Waals surface area contributed by atoms with Gasteiger partial charge in [-0.25, -0.2) is 4.98 Å². The van der Waals surface area contributed by atoms with E-state index in [4.69, 9.17) is 16.1 Å². The molecule has 10 nitrogen and oxygen atoms in total. The van der Waals surface area contributed by atoms with Crippen LogP contribution in [-0.4, -0.2) is 37.8 Å². The molecule has 34 heavy (non-hydrogen) atoms. The molecule has 0 aliphatic heterocycles. The average molecular weight is 481 g/mol. The fourth-order valence-corrected chi connectivity index (χ4v) is 3.91. The maximum Gasteiger partial charge on any atom is 0.297 e. The molecular formula is C23H21ClN6O4. The van der Waals surface area contributed by atoms with Gasteiger partial charge in [0.05, 0.1) is 12.2 Å². The zero-order valence-corrected chi connectivity index (χ0v) is 19.3. The minimum absolute atomic E-state index is 0.137. The summed E-state index contributed by atoms with van der Waals surface area (Å²) in [7, 11) is 3.19. The number of carbonyl (C=O) groups excluding carboxylic acids is 1. The lowest BCUT2D eigenvalue weighted by atomic mass is 9.97. The minimum atomic E-state index is -0.790. The number of hydrogen-bond acceptors (Lipinski definition) is 8. The Morgan fingerprint density at radius 1 is 1.29 bits per heavy atom. The Bertz CT molecular complexity index is 1400. The largest absolute Gasteiger partial charge is 0.501 e. The number of aromatic nitrogens is 4. The highest BCUT2D eigenvalue weighted by atomic mass is 35.5. The van der Waals surface area contributed by atoms with Gasteiger partial charge in [0, 0.05) is 31.0 Å². The molecule has 4 rings (SSSR count). The Kier molecular flexibility index (Phi) is 6.33. The monoisotopic (exact) mass is 480 g/mol. The van der Waals surface area contributed by atoms with E-state index in [0.29, 0.717) is 5.02 Å². The van der Waals surface area contributed by atoms with Crippen LogP contribution in [0.25, 0.3) is 0 Å². The van der Waals surface area contributed by atoms with Crippen molar-refractivity contribution in [2.75, 3.05) is 17.3 Å². The highest BCUT2D eigenvalue weighted by Gasteiger charge is 2.28. The van der Waals surface area contributed by atoms with Crippen LogP contribution in [0.1, 0.15) is 33.4 Å². The number of nitrogens with one attached hydrogen (secondary N) is 1. The molecule has 0 saturated carbocycles. The smallest absolute Gasteiger partial charge is 0.297 e. The first-order valence-electron chi connectivity index (χ1n) is 10.2. The summed E-state index contributed by atoms with van der Waals surface area (Å²) in [5.74, 6) is -1.43. The molecule has 1 aromatic carbocycles. The van der Waals surface area contributed by atoms with Crippen molar-refractivity contribution >= 4 is 29.1 Å². The van der Waals surface area contributed by atoms with Gasteiger partial charge in [0.15, 0.2) is 5.69 Å². The van der Waals surface area contributed by atoms with Crippen LogP contribution in [0, 0.1) is 6.92 Å². The Balaban J connectivity index is 1.85. The van der Waals surface area contributed by atoms with Gasteiger partial charge in [0.1, 0.15) is 12.0 Å². The highest BCUT2D eigenvalue weighted by Crippen LogP contribution is 2.35. The van der Waals surface area contributed by atoms with Gasteiger partial charge in [-0.15, -0.1) is 0 Å². The summed E-state index contributed by atoms with van der Waals surface area (Å²) < 4.78 is 5.87. The normalized spacial score (nSPS) is 11.8. The van der Waals surface area contributed by atoms with E-state index >= 15 is 0 Å². The number of hydrogen-bond donors (Lipinski definition) is 2. The van der Waals surface area contributed by atoms with E-state index in [0.717, 1.165) is 16.8 Å². The fraction of sp³-hybridized carbons (Fsp3) is 0.174. The van der Waals surface area contributed by atoms with E-state index in [9.17, 15) is 14.7 Å². The van der Waals surface area contributed by atoms with Gasteiger partial charge in [-0.05, 0) is 36.2 Å². The van der Waals surface area contributed by atoms with Gasteiger partial charge in [-0.3, -0.25) is 19.1 Å². The lowest BCUT2D eigenvalue weighted by Gasteiger charge is -2.31. The third-order valence-corrected chi connectivity index (χ3v) is 5.63. The number of aromatic hydroxyl groups is 1. The van der Waals surface area contributed by atoms with Crippen molar-refractivity contribution in [1.29, 1.82) is 0 Å². The van der Waals surface area contributed by atoms with Gasteiger partial charge in [0.25, 0.3) is 11.5 Å². The van der Waals surface area contributed by atoms with Crippen molar-refractivity contribution in [3.63, 3.8) is 0 Å². The van der Waals surface area contributed by atoms with Crippen LogP contribution in [0.4, 0.5) is 11.6 Å². The first-order chi connectivity index (χ1) is 16.3. The van der Waals surface area contributed by atoms with Crippen molar-refractivity contribution in [3.05, 3.63) is 92.9 Å². The molecule has 1 atom stereocenters. The molecule has 0 aliphatic carbocycles. The molecule has 1 amide bonds. The summed E-state index contributed by atoms with van der Waals surface area (Å²) in [6, 6.07) is 10.6. The number of halogens is 1. The van der Waals surface area contributed by atoms with Crippen LogP contribution in [0.2, 0.25) is 5.02 Å². The molecule has 0 bridgehead atoms. The third-order valence-electron chi connectivity index (χ3n) is 5.29. The van der Waals surface area contributed by atoms with Crippen LogP contribution >= 0.6 is 11.6 Å². The van der Waals surface area contributed by atoms with Crippen LogP contribution in [0.5, 0.6) is 5.75 Å². The van der Waals surface area contributed by atoms with Crippen molar-refractivity contribution in [1.82, 2.24) is 19.7 Å². The van der Waals surface area contributed by atoms with Crippen molar-refractivity contribution in [2.45, 2.75) is 13.0 Å². The number of amides is 1. The maximum atomic E-state index is 12.8. The zero-order chi connectivity index (χ0) is 24.4. The second-order valence-electron chi connectivity index (χ2n) is 7.61. The number of benzene rings is 1. The minimum Gasteiger partial charge on any atom is -0.501 e. The zero-order valence-electron chi connectivity index (χ0n) is 18.6. The van der Waals surface area contributed by atoms with E-state index in [1.165, 1.54) is 24.1 Å². The summed E-state index contributed by atoms with van der Waals surface area (Å²) in [5, 5.41) is 16.9. The van der Waals surface area contributed by atoms with E-state index in [1.54, 1.807) is 24.2 Å². The quantitative estimate of drug-likeness (QED) is 0.430. The van der Waals surface area contributed by atoms with Crippen LogP contribution < -0.4 is 15.8 Å². The molecule has 0 spiro atoms. The molecule has 0 radical (unpaired) electrons. The Morgan fingerprint density at radius 2 is 2.06 bits per heavy atom. The second-order valence-corrected chi connectivity index (χ2v) is 8.01.